The number of carboxylic acid groups (broad SMARTS) is 1. The van der Waals surface area contributed by atoms with Crippen LogP contribution >= 0.6 is 0 Å². The van der Waals surface area contributed by atoms with Gasteiger partial charge in [-0.05, 0) is 19.9 Å². The van der Waals surface area contributed by atoms with Gasteiger partial charge in [0.25, 0.3) is 0 Å². The highest BCUT2D eigenvalue weighted by Crippen LogP contribution is 2.28. The highest BCUT2D eigenvalue weighted by Gasteiger charge is 2.25. The molecule has 0 fully saturated rings. The number of hydrogen-bond donors (Lipinski definition) is 1. The van der Waals surface area contributed by atoms with Crippen LogP contribution in [0, 0.1) is 0 Å². The molecule has 0 aliphatic heterocycles. The minimum absolute atomic E-state index is 0.0681. The van der Waals surface area contributed by atoms with Crippen molar-refractivity contribution in [2.24, 2.45) is 0 Å². The molecule has 18 heavy (non-hydrogen) atoms. The van der Waals surface area contributed by atoms with Crippen LogP contribution < -0.4 is 10.0 Å². The molecule has 102 valence electrons. The van der Waals surface area contributed by atoms with Crippen LogP contribution in [0.5, 0.6) is 0 Å². The molecule has 1 heterocycles. The van der Waals surface area contributed by atoms with E-state index >= 15 is 0 Å². The van der Waals surface area contributed by atoms with Crippen molar-refractivity contribution in [1.29, 1.82) is 0 Å². The topological polar surface area (TPSA) is 57.7 Å². The zero-order valence-corrected chi connectivity index (χ0v) is 11.9. The first-order chi connectivity index (χ1) is 8.29. The van der Waals surface area contributed by atoms with E-state index in [1.807, 2.05) is 20.8 Å². The van der Waals surface area contributed by atoms with Gasteiger partial charge in [-0.15, -0.1) is 0 Å². The fourth-order valence-corrected chi connectivity index (χ4v) is 2.06. The summed E-state index contributed by atoms with van der Waals surface area (Å²) < 4.78 is 5.46. The molecule has 0 saturated heterocycles. The van der Waals surface area contributed by atoms with Crippen LogP contribution in [0.25, 0.3) is 0 Å². The average molecular weight is 253 g/mol. The molecule has 1 N–H and O–H groups in total. The maximum absolute atomic E-state index is 10.9. The van der Waals surface area contributed by atoms with Crippen LogP contribution in [0.3, 0.4) is 0 Å². The quantitative estimate of drug-likeness (QED) is 0.824. The van der Waals surface area contributed by atoms with Gasteiger partial charge in [-0.25, -0.2) is 0 Å². The van der Waals surface area contributed by atoms with Gasteiger partial charge in [0.2, 0.25) is 0 Å². The SMILES string of the molecule is CC[NH+](CC)Cc1cc(C(=O)[O-])oc1C(C)(C)C. The third-order valence-electron chi connectivity index (χ3n) is 3.13. The van der Waals surface area contributed by atoms with Gasteiger partial charge in [-0.3, -0.25) is 0 Å². The summed E-state index contributed by atoms with van der Waals surface area (Å²) in [5.74, 6) is -0.566. The molecule has 0 atom stereocenters. The lowest BCUT2D eigenvalue weighted by Crippen LogP contribution is -3.10. The summed E-state index contributed by atoms with van der Waals surface area (Å²) in [7, 11) is 0. The summed E-state index contributed by atoms with van der Waals surface area (Å²) in [5.41, 5.74) is 0.774. The van der Waals surface area contributed by atoms with Gasteiger partial charge in [0.15, 0.2) is 0 Å². The molecule has 1 aromatic rings. The summed E-state index contributed by atoms with van der Waals surface area (Å²) in [5, 5.41) is 10.9. The maximum atomic E-state index is 10.9. The van der Waals surface area contributed by atoms with Crippen molar-refractivity contribution in [3.63, 3.8) is 0 Å². The van der Waals surface area contributed by atoms with E-state index in [4.69, 9.17) is 4.42 Å². The highest BCUT2D eigenvalue weighted by molar-refractivity contribution is 5.82. The number of rotatable bonds is 5. The van der Waals surface area contributed by atoms with Crippen molar-refractivity contribution >= 4 is 5.97 Å². The van der Waals surface area contributed by atoms with Crippen molar-refractivity contribution in [2.45, 2.75) is 46.6 Å². The summed E-state index contributed by atoms with van der Waals surface area (Å²) in [6, 6.07) is 1.61. The Morgan fingerprint density at radius 2 is 1.89 bits per heavy atom. The molecule has 0 amide bonds. The van der Waals surface area contributed by atoms with Crippen LogP contribution in [0.1, 0.15) is 56.5 Å². The van der Waals surface area contributed by atoms with Crippen molar-refractivity contribution in [3.8, 4) is 0 Å². The lowest BCUT2D eigenvalue weighted by molar-refractivity contribution is -0.910. The Morgan fingerprint density at radius 1 is 1.33 bits per heavy atom. The van der Waals surface area contributed by atoms with E-state index in [1.165, 1.54) is 4.90 Å². The molecule has 0 aromatic carbocycles. The first-order valence-electron chi connectivity index (χ1n) is 6.47. The summed E-state index contributed by atoms with van der Waals surface area (Å²) in [4.78, 5) is 12.3. The third kappa shape index (κ3) is 3.35. The smallest absolute Gasteiger partial charge is 0.150 e. The van der Waals surface area contributed by atoms with Crippen LogP contribution in [-0.4, -0.2) is 19.1 Å². The van der Waals surface area contributed by atoms with Crippen molar-refractivity contribution in [2.75, 3.05) is 13.1 Å². The first-order valence-corrected chi connectivity index (χ1v) is 6.47. The summed E-state index contributed by atoms with van der Waals surface area (Å²) in [6.07, 6.45) is 0. The second-order valence-electron chi connectivity index (χ2n) is 5.64. The van der Waals surface area contributed by atoms with Crippen molar-refractivity contribution in [3.05, 3.63) is 23.2 Å². The predicted octanol–water partition coefficient (Wildman–Crippen LogP) is 0.365. The van der Waals surface area contributed by atoms with Gasteiger partial charge >= 0.3 is 0 Å². The molecule has 0 aliphatic carbocycles. The number of furan rings is 1. The van der Waals surface area contributed by atoms with Crippen molar-refractivity contribution < 1.29 is 19.2 Å². The number of hydrogen-bond acceptors (Lipinski definition) is 3. The highest BCUT2D eigenvalue weighted by atomic mass is 16.4. The Bertz CT molecular complexity index is 411. The predicted molar refractivity (Wildman–Crippen MR) is 67.5 cm³/mol. The van der Waals surface area contributed by atoms with E-state index in [9.17, 15) is 9.90 Å². The minimum atomic E-state index is -1.25. The van der Waals surface area contributed by atoms with Gasteiger partial charge in [-0.2, -0.15) is 0 Å². The molecule has 0 aliphatic rings. The van der Waals surface area contributed by atoms with E-state index in [0.717, 1.165) is 31.0 Å². The second kappa shape index (κ2) is 5.57. The Morgan fingerprint density at radius 3 is 2.28 bits per heavy atom. The Balaban J connectivity index is 3.12. The molecule has 0 bridgehead atoms. The molecule has 1 aromatic heterocycles. The average Bonchev–Trinajstić information content (AvgIpc) is 2.69. The zero-order valence-electron chi connectivity index (χ0n) is 11.9. The number of aromatic carboxylic acids is 1. The van der Waals surface area contributed by atoms with Gasteiger partial charge in [-0.1, -0.05) is 20.8 Å². The molecular formula is C14H23NO3. The Kier molecular flexibility index (Phi) is 4.57. The molecule has 1 rings (SSSR count). The van der Waals surface area contributed by atoms with E-state index in [2.05, 4.69) is 13.8 Å². The first kappa shape index (κ1) is 14.8. The van der Waals surface area contributed by atoms with Gasteiger partial charge in [0, 0.05) is 11.0 Å². The minimum Gasteiger partial charge on any atom is -0.542 e. The molecule has 4 nitrogen and oxygen atoms in total. The monoisotopic (exact) mass is 253 g/mol. The lowest BCUT2D eigenvalue weighted by Gasteiger charge is -2.20. The van der Waals surface area contributed by atoms with Gasteiger partial charge < -0.3 is 19.2 Å². The Hall–Kier alpha value is -1.29. The molecule has 0 unspecified atom stereocenters. The summed E-state index contributed by atoms with van der Waals surface area (Å²) in [6.45, 7) is 13.1. The largest absolute Gasteiger partial charge is 0.542 e. The normalized spacial score (nSPS) is 12.1. The zero-order chi connectivity index (χ0) is 13.9. The van der Waals surface area contributed by atoms with Crippen molar-refractivity contribution in [1.82, 2.24) is 0 Å². The molecule has 4 heteroatoms. The van der Waals surface area contributed by atoms with Crippen LogP contribution in [0.4, 0.5) is 0 Å². The number of carbonyl (C=O) groups is 1. The molecule has 0 radical (unpaired) electrons. The van der Waals surface area contributed by atoms with Crippen LogP contribution in [-0.2, 0) is 12.0 Å². The number of carbonyl (C=O) groups excluding carboxylic acids is 1. The fraction of sp³-hybridized carbons (Fsp3) is 0.643. The van der Waals surface area contributed by atoms with E-state index in [1.54, 1.807) is 6.07 Å². The van der Waals surface area contributed by atoms with Gasteiger partial charge in [0.1, 0.15) is 24.0 Å². The summed E-state index contributed by atoms with van der Waals surface area (Å²) >= 11 is 0. The Labute approximate surface area is 109 Å². The second-order valence-corrected chi connectivity index (χ2v) is 5.64. The lowest BCUT2D eigenvalue weighted by atomic mass is 9.90. The number of nitrogens with one attached hydrogen (secondary N) is 1. The maximum Gasteiger partial charge on any atom is 0.150 e. The van der Waals surface area contributed by atoms with E-state index in [0.29, 0.717) is 0 Å². The van der Waals surface area contributed by atoms with E-state index < -0.39 is 5.97 Å². The standard InChI is InChI=1S/C14H23NO3/c1-6-15(7-2)9-10-8-11(13(16)17)18-12(10)14(3,4)5/h8H,6-7,9H2,1-5H3,(H,16,17). The van der Waals surface area contributed by atoms with E-state index in [-0.39, 0.29) is 11.2 Å². The van der Waals surface area contributed by atoms with Crippen LogP contribution in [0.15, 0.2) is 10.5 Å². The molecular weight excluding hydrogens is 230 g/mol. The van der Waals surface area contributed by atoms with Crippen LogP contribution in [0.2, 0.25) is 0 Å². The molecule has 0 spiro atoms. The fourth-order valence-electron chi connectivity index (χ4n) is 2.06. The third-order valence-corrected chi connectivity index (χ3v) is 3.13. The van der Waals surface area contributed by atoms with Gasteiger partial charge in [0.05, 0.1) is 13.1 Å². The number of quaternary nitrogens is 1. The molecule has 0 saturated carbocycles. The number of carboxylic acids is 1.